The van der Waals surface area contributed by atoms with E-state index in [9.17, 15) is 0 Å². The summed E-state index contributed by atoms with van der Waals surface area (Å²) in [4.78, 5) is 0. The van der Waals surface area contributed by atoms with Crippen molar-refractivity contribution in [2.24, 2.45) is 0 Å². The molecule has 1 fully saturated rings. The first kappa shape index (κ1) is 12.0. The molecule has 0 spiro atoms. The van der Waals surface area contributed by atoms with Gasteiger partial charge in [0.1, 0.15) is 0 Å². The van der Waals surface area contributed by atoms with E-state index in [1.165, 1.54) is 12.8 Å². The van der Waals surface area contributed by atoms with Gasteiger partial charge < -0.3 is 14.8 Å². The lowest BCUT2D eigenvalue weighted by atomic mass is 10.2. The molecule has 3 heteroatoms. The zero-order valence-electron chi connectivity index (χ0n) is 9.64. The predicted octanol–water partition coefficient (Wildman–Crippen LogP) is 1.57. The molecule has 1 N–H and O–H groups in total. The highest BCUT2D eigenvalue weighted by Crippen LogP contribution is 2.17. The summed E-state index contributed by atoms with van der Waals surface area (Å²) >= 11 is 0. The summed E-state index contributed by atoms with van der Waals surface area (Å²) in [6, 6.07) is 0.782. The van der Waals surface area contributed by atoms with Crippen LogP contribution in [-0.4, -0.2) is 38.0 Å². The average Bonchev–Trinajstić information content (AvgIpc) is 2.84. The van der Waals surface area contributed by atoms with Crippen molar-refractivity contribution in [1.29, 1.82) is 0 Å². The molecular formula is C11H23NO2. The fourth-order valence-corrected chi connectivity index (χ4v) is 1.13. The first-order chi connectivity index (χ1) is 6.58. The Morgan fingerprint density at radius 2 is 1.86 bits per heavy atom. The largest absolute Gasteiger partial charge is 0.378 e. The minimum atomic E-state index is -0.0460. The van der Waals surface area contributed by atoms with E-state index in [1.807, 2.05) is 0 Å². The maximum atomic E-state index is 5.52. The number of hydrogen-bond acceptors (Lipinski definition) is 3. The van der Waals surface area contributed by atoms with Gasteiger partial charge in [0.2, 0.25) is 0 Å². The molecule has 0 amide bonds. The minimum Gasteiger partial charge on any atom is -0.378 e. The summed E-state index contributed by atoms with van der Waals surface area (Å²) in [5.74, 6) is 0. The van der Waals surface area contributed by atoms with Crippen LogP contribution in [-0.2, 0) is 9.47 Å². The third kappa shape index (κ3) is 7.30. The Bertz CT molecular complexity index is 150. The number of hydrogen-bond donors (Lipinski definition) is 1. The first-order valence-electron chi connectivity index (χ1n) is 5.53. The second kappa shape index (κ2) is 5.69. The summed E-state index contributed by atoms with van der Waals surface area (Å²) in [7, 11) is 0. The zero-order valence-corrected chi connectivity index (χ0v) is 9.64. The average molecular weight is 201 g/mol. The normalized spacial score (nSPS) is 17.4. The fourth-order valence-electron chi connectivity index (χ4n) is 1.13. The van der Waals surface area contributed by atoms with Crippen LogP contribution in [0, 0.1) is 0 Å². The molecule has 0 aromatic rings. The zero-order chi connectivity index (χ0) is 10.4. The summed E-state index contributed by atoms with van der Waals surface area (Å²) in [6.45, 7) is 9.33. The highest BCUT2D eigenvalue weighted by Gasteiger charge is 2.19. The van der Waals surface area contributed by atoms with Crippen molar-refractivity contribution in [2.45, 2.75) is 45.3 Å². The van der Waals surface area contributed by atoms with Crippen LogP contribution in [0.3, 0.4) is 0 Å². The fraction of sp³-hybridized carbons (Fsp3) is 1.00. The van der Waals surface area contributed by atoms with E-state index in [1.54, 1.807) is 0 Å². The molecule has 0 unspecified atom stereocenters. The molecule has 0 atom stereocenters. The van der Waals surface area contributed by atoms with Crippen molar-refractivity contribution >= 4 is 0 Å². The van der Waals surface area contributed by atoms with Gasteiger partial charge in [-0.3, -0.25) is 0 Å². The van der Waals surface area contributed by atoms with E-state index >= 15 is 0 Å². The van der Waals surface area contributed by atoms with Gasteiger partial charge in [0.15, 0.2) is 0 Å². The van der Waals surface area contributed by atoms with Gasteiger partial charge in [0, 0.05) is 12.6 Å². The maximum Gasteiger partial charge on any atom is 0.0707 e. The van der Waals surface area contributed by atoms with Gasteiger partial charge in [-0.15, -0.1) is 0 Å². The van der Waals surface area contributed by atoms with E-state index in [2.05, 4.69) is 26.1 Å². The van der Waals surface area contributed by atoms with Crippen LogP contribution in [0.1, 0.15) is 33.6 Å². The Hall–Kier alpha value is -0.120. The number of ether oxygens (including phenoxy) is 2. The SMILES string of the molecule is CC(C)(C)OCCOCCNC1CC1. The van der Waals surface area contributed by atoms with E-state index in [-0.39, 0.29) is 5.60 Å². The smallest absolute Gasteiger partial charge is 0.0707 e. The van der Waals surface area contributed by atoms with E-state index < -0.39 is 0 Å². The first-order valence-corrected chi connectivity index (χ1v) is 5.53. The van der Waals surface area contributed by atoms with E-state index in [0.717, 1.165) is 19.2 Å². The van der Waals surface area contributed by atoms with Crippen LogP contribution in [0.2, 0.25) is 0 Å². The third-order valence-electron chi connectivity index (χ3n) is 2.02. The Morgan fingerprint density at radius 1 is 1.14 bits per heavy atom. The van der Waals surface area contributed by atoms with Gasteiger partial charge in [-0.05, 0) is 33.6 Å². The molecular weight excluding hydrogens is 178 g/mol. The molecule has 0 radical (unpaired) electrons. The quantitative estimate of drug-likeness (QED) is 0.634. The van der Waals surface area contributed by atoms with Gasteiger partial charge in [0.05, 0.1) is 25.4 Å². The molecule has 0 bridgehead atoms. The van der Waals surface area contributed by atoms with Crippen molar-refractivity contribution in [2.75, 3.05) is 26.4 Å². The van der Waals surface area contributed by atoms with Crippen LogP contribution in [0.4, 0.5) is 0 Å². The Labute approximate surface area is 87.2 Å². The molecule has 1 saturated carbocycles. The van der Waals surface area contributed by atoms with Crippen LogP contribution in [0.15, 0.2) is 0 Å². The van der Waals surface area contributed by atoms with Gasteiger partial charge in [-0.2, -0.15) is 0 Å². The van der Waals surface area contributed by atoms with Gasteiger partial charge in [-0.25, -0.2) is 0 Å². The lowest BCUT2D eigenvalue weighted by molar-refractivity contribution is -0.0343. The van der Waals surface area contributed by atoms with Gasteiger partial charge in [-0.1, -0.05) is 0 Å². The third-order valence-corrected chi connectivity index (χ3v) is 2.02. The van der Waals surface area contributed by atoms with Gasteiger partial charge in [0.25, 0.3) is 0 Å². The van der Waals surface area contributed by atoms with Crippen LogP contribution >= 0.6 is 0 Å². The second-order valence-electron chi connectivity index (χ2n) is 4.80. The minimum absolute atomic E-state index is 0.0460. The molecule has 0 aromatic heterocycles. The molecule has 1 aliphatic rings. The highest BCUT2D eigenvalue weighted by atomic mass is 16.5. The molecule has 14 heavy (non-hydrogen) atoms. The van der Waals surface area contributed by atoms with Crippen LogP contribution in [0.5, 0.6) is 0 Å². The predicted molar refractivity (Wildman–Crippen MR) is 57.5 cm³/mol. The Morgan fingerprint density at radius 3 is 2.43 bits per heavy atom. The topological polar surface area (TPSA) is 30.5 Å². The highest BCUT2D eigenvalue weighted by molar-refractivity contribution is 4.80. The molecule has 1 aliphatic carbocycles. The molecule has 1 rings (SSSR count). The van der Waals surface area contributed by atoms with Crippen molar-refractivity contribution in [3.63, 3.8) is 0 Å². The molecule has 0 saturated heterocycles. The van der Waals surface area contributed by atoms with E-state index in [4.69, 9.17) is 9.47 Å². The summed E-state index contributed by atoms with van der Waals surface area (Å²) < 4.78 is 10.9. The van der Waals surface area contributed by atoms with Crippen LogP contribution < -0.4 is 5.32 Å². The van der Waals surface area contributed by atoms with E-state index in [0.29, 0.717) is 13.2 Å². The van der Waals surface area contributed by atoms with Crippen molar-refractivity contribution in [1.82, 2.24) is 5.32 Å². The number of rotatable bonds is 7. The van der Waals surface area contributed by atoms with Crippen LogP contribution in [0.25, 0.3) is 0 Å². The standard InChI is InChI=1S/C11H23NO2/c1-11(2,3)14-9-8-13-7-6-12-10-4-5-10/h10,12H,4-9H2,1-3H3. The molecule has 0 aromatic carbocycles. The summed E-state index contributed by atoms with van der Waals surface area (Å²) in [5, 5.41) is 3.40. The lowest BCUT2D eigenvalue weighted by Gasteiger charge is -2.19. The number of nitrogens with one attached hydrogen (secondary N) is 1. The molecule has 0 aliphatic heterocycles. The molecule has 0 heterocycles. The Balaban J connectivity index is 1.75. The summed E-state index contributed by atoms with van der Waals surface area (Å²) in [6.07, 6.45) is 2.68. The summed E-state index contributed by atoms with van der Waals surface area (Å²) in [5.41, 5.74) is -0.0460. The molecule has 3 nitrogen and oxygen atoms in total. The van der Waals surface area contributed by atoms with Crippen molar-refractivity contribution < 1.29 is 9.47 Å². The second-order valence-corrected chi connectivity index (χ2v) is 4.80. The molecule has 84 valence electrons. The van der Waals surface area contributed by atoms with Crippen molar-refractivity contribution in [3.8, 4) is 0 Å². The van der Waals surface area contributed by atoms with Crippen molar-refractivity contribution in [3.05, 3.63) is 0 Å². The Kier molecular flexibility index (Phi) is 4.85. The lowest BCUT2D eigenvalue weighted by Crippen LogP contribution is -2.24. The monoisotopic (exact) mass is 201 g/mol. The maximum absolute atomic E-state index is 5.52. The van der Waals surface area contributed by atoms with Gasteiger partial charge >= 0.3 is 0 Å².